The average molecular weight is 310 g/mol. The molecule has 0 bridgehead atoms. The zero-order valence-electron chi connectivity index (χ0n) is 14.5. The molecular formula is C21H26O2. The van der Waals surface area contributed by atoms with Gasteiger partial charge in [-0.15, -0.1) is 0 Å². The molecule has 2 aromatic carbocycles. The van der Waals surface area contributed by atoms with Crippen molar-refractivity contribution >= 4 is 5.97 Å². The number of rotatable bonds is 6. The Morgan fingerprint density at radius 2 is 1.74 bits per heavy atom. The van der Waals surface area contributed by atoms with Crippen molar-refractivity contribution < 1.29 is 9.53 Å². The highest BCUT2D eigenvalue weighted by atomic mass is 16.5. The molecule has 2 nitrogen and oxygen atoms in total. The van der Waals surface area contributed by atoms with Gasteiger partial charge in [0.05, 0.1) is 6.42 Å². The smallest absolute Gasteiger partial charge is 0.310 e. The lowest BCUT2D eigenvalue weighted by molar-refractivity contribution is -0.147. The molecule has 0 aliphatic rings. The van der Waals surface area contributed by atoms with Crippen molar-refractivity contribution in [1.29, 1.82) is 0 Å². The minimum absolute atomic E-state index is 0.180. The molecule has 0 radical (unpaired) electrons. The van der Waals surface area contributed by atoms with Crippen LogP contribution in [0.5, 0.6) is 0 Å². The number of ether oxygens (including phenoxy) is 1. The van der Waals surface area contributed by atoms with Gasteiger partial charge >= 0.3 is 5.97 Å². The Morgan fingerprint density at radius 1 is 1.04 bits per heavy atom. The molecule has 0 amide bonds. The lowest BCUT2D eigenvalue weighted by Gasteiger charge is -2.15. The van der Waals surface area contributed by atoms with Crippen LogP contribution in [0.1, 0.15) is 61.5 Å². The molecular weight excluding hydrogens is 284 g/mol. The van der Waals surface area contributed by atoms with Gasteiger partial charge in [0.2, 0.25) is 0 Å². The molecule has 0 aliphatic heterocycles. The zero-order valence-corrected chi connectivity index (χ0v) is 14.5. The Hall–Kier alpha value is -2.09. The molecule has 0 fully saturated rings. The second-order valence-corrected chi connectivity index (χ2v) is 6.21. The monoisotopic (exact) mass is 310 g/mol. The number of aryl methyl sites for hydroxylation is 1. The third-order valence-corrected chi connectivity index (χ3v) is 4.46. The number of carbonyl (C=O) groups excluding carboxylic acids is 1. The molecule has 0 saturated carbocycles. The van der Waals surface area contributed by atoms with Gasteiger partial charge in [0.1, 0.15) is 6.10 Å². The van der Waals surface area contributed by atoms with Crippen LogP contribution in [0.3, 0.4) is 0 Å². The highest BCUT2D eigenvalue weighted by Crippen LogP contribution is 2.23. The maximum Gasteiger partial charge on any atom is 0.310 e. The highest BCUT2D eigenvalue weighted by Gasteiger charge is 2.14. The second-order valence-electron chi connectivity index (χ2n) is 6.21. The molecule has 0 saturated heterocycles. The van der Waals surface area contributed by atoms with Crippen molar-refractivity contribution in [3.63, 3.8) is 0 Å². The van der Waals surface area contributed by atoms with Crippen LogP contribution in [0.2, 0.25) is 0 Å². The van der Waals surface area contributed by atoms with E-state index in [9.17, 15) is 4.79 Å². The molecule has 23 heavy (non-hydrogen) atoms. The Balaban J connectivity index is 2.00. The number of hydrogen-bond acceptors (Lipinski definition) is 2. The second kappa shape index (κ2) is 7.96. The minimum Gasteiger partial charge on any atom is -0.458 e. The van der Waals surface area contributed by atoms with E-state index in [1.54, 1.807) is 0 Å². The van der Waals surface area contributed by atoms with Gasteiger partial charge in [0, 0.05) is 0 Å². The highest BCUT2D eigenvalue weighted by molar-refractivity contribution is 5.73. The fourth-order valence-electron chi connectivity index (χ4n) is 2.65. The molecule has 0 N–H and O–H groups in total. The molecule has 0 heterocycles. The van der Waals surface area contributed by atoms with Crippen LogP contribution in [-0.2, 0) is 16.0 Å². The summed E-state index contributed by atoms with van der Waals surface area (Å²) in [5.41, 5.74) is 4.55. The van der Waals surface area contributed by atoms with E-state index in [0.717, 1.165) is 23.1 Å². The van der Waals surface area contributed by atoms with Crippen molar-refractivity contribution in [1.82, 2.24) is 0 Å². The molecule has 0 aliphatic carbocycles. The fourth-order valence-corrected chi connectivity index (χ4v) is 2.65. The molecule has 122 valence electrons. The number of benzene rings is 2. The Labute approximate surface area is 139 Å². The van der Waals surface area contributed by atoms with Crippen molar-refractivity contribution in [3.8, 4) is 0 Å². The van der Waals surface area contributed by atoms with Gasteiger partial charge in [-0.25, -0.2) is 0 Å². The average Bonchev–Trinajstić information content (AvgIpc) is 2.56. The topological polar surface area (TPSA) is 26.3 Å². The molecule has 2 aromatic rings. The lowest BCUT2D eigenvalue weighted by atomic mass is 9.94. The SMILES string of the molecule is CCC(C)c1ccc(CC(=O)OC(C)c2ccccc2)c(C)c1. The van der Waals surface area contributed by atoms with Crippen LogP contribution in [-0.4, -0.2) is 5.97 Å². The molecule has 0 spiro atoms. The standard InChI is InChI=1S/C21H26O2/c1-5-15(2)19-11-12-20(16(3)13-19)14-21(22)23-17(4)18-9-7-6-8-10-18/h6-13,15,17H,5,14H2,1-4H3. The number of carbonyl (C=O) groups is 1. The van der Waals surface area contributed by atoms with Crippen LogP contribution in [0.25, 0.3) is 0 Å². The lowest BCUT2D eigenvalue weighted by Crippen LogP contribution is -2.12. The molecule has 2 unspecified atom stereocenters. The largest absolute Gasteiger partial charge is 0.458 e. The predicted octanol–water partition coefficient (Wildman–Crippen LogP) is 5.36. The first-order valence-corrected chi connectivity index (χ1v) is 8.35. The summed E-state index contributed by atoms with van der Waals surface area (Å²) in [6.45, 7) is 8.39. The van der Waals surface area contributed by atoms with E-state index in [4.69, 9.17) is 4.74 Å². The molecule has 2 atom stereocenters. The zero-order chi connectivity index (χ0) is 16.8. The maximum absolute atomic E-state index is 12.2. The summed E-state index contributed by atoms with van der Waals surface area (Å²) in [4.78, 5) is 12.2. The van der Waals surface area contributed by atoms with Gasteiger partial charge in [-0.05, 0) is 48.4 Å². The van der Waals surface area contributed by atoms with E-state index in [0.29, 0.717) is 12.3 Å². The summed E-state index contributed by atoms with van der Waals surface area (Å²) in [6, 6.07) is 16.2. The van der Waals surface area contributed by atoms with Crippen molar-refractivity contribution in [2.75, 3.05) is 0 Å². The number of esters is 1. The Bertz CT molecular complexity index is 646. The Kier molecular flexibility index (Phi) is 5.97. The maximum atomic E-state index is 12.2. The summed E-state index contributed by atoms with van der Waals surface area (Å²) >= 11 is 0. The first-order chi connectivity index (χ1) is 11.0. The summed E-state index contributed by atoms with van der Waals surface area (Å²) in [5, 5.41) is 0. The van der Waals surface area contributed by atoms with E-state index >= 15 is 0 Å². The van der Waals surface area contributed by atoms with Crippen molar-refractivity contribution in [2.24, 2.45) is 0 Å². The van der Waals surface area contributed by atoms with Gasteiger partial charge in [-0.3, -0.25) is 4.79 Å². The summed E-state index contributed by atoms with van der Waals surface area (Å²) in [5.74, 6) is 0.369. The van der Waals surface area contributed by atoms with Crippen LogP contribution >= 0.6 is 0 Å². The fraction of sp³-hybridized carbons (Fsp3) is 0.381. The first-order valence-electron chi connectivity index (χ1n) is 8.35. The van der Waals surface area contributed by atoms with E-state index in [1.165, 1.54) is 5.56 Å². The normalized spacial score (nSPS) is 13.4. The predicted molar refractivity (Wildman–Crippen MR) is 94.5 cm³/mol. The van der Waals surface area contributed by atoms with Gasteiger partial charge in [-0.1, -0.05) is 62.4 Å². The van der Waals surface area contributed by atoms with Gasteiger partial charge in [0.25, 0.3) is 0 Å². The van der Waals surface area contributed by atoms with E-state index in [-0.39, 0.29) is 12.1 Å². The van der Waals surface area contributed by atoms with Gasteiger partial charge < -0.3 is 4.74 Å². The first kappa shape index (κ1) is 17.3. The van der Waals surface area contributed by atoms with Gasteiger partial charge in [-0.2, -0.15) is 0 Å². The van der Waals surface area contributed by atoms with Crippen LogP contribution in [0.15, 0.2) is 48.5 Å². The third kappa shape index (κ3) is 4.69. The van der Waals surface area contributed by atoms with E-state index in [1.807, 2.05) is 37.3 Å². The van der Waals surface area contributed by atoms with Crippen LogP contribution in [0, 0.1) is 6.92 Å². The quantitative estimate of drug-likeness (QED) is 0.672. The minimum atomic E-state index is -0.219. The third-order valence-electron chi connectivity index (χ3n) is 4.46. The molecule has 0 aromatic heterocycles. The van der Waals surface area contributed by atoms with Crippen LogP contribution in [0.4, 0.5) is 0 Å². The summed E-state index contributed by atoms with van der Waals surface area (Å²) in [7, 11) is 0. The molecule has 2 rings (SSSR count). The van der Waals surface area contributed by atoms with Crippen molar-refractivity contribution in [2.45, 2.75) is 52.6 Å². The molecule has 2 heteroatoms. The van der Waals surface area contributed by atoms with Gasteiger partial charge in [0.15, 0.2) is 0 Å². The van der Waals surface area contributed by atoms with Crippen molar-refractivity contribution in [3.05, 3.63) is 70.8 Å². The van der Waals surface area contributed by atoms with E-state index < -0.39 is 0 Å². The number of hydrogen-bond donors (Lipinski definition) is 0. The summed E-state index contributed by atoms with van der Waals surface area (Å²) in [6.07, 6.45) is 1.22. The summed E-state index contributed by atoms with van der Waals surface area (Å²) < 4.78 is 5.56. The Morgan fingerprint density at radius 3 is 2.35 bits per heavy atom. The van der Waals surface area contributed by atoms with Crippen LogP contribution < -0.4 is 0 Å². The van der Waals surface area contributed by atoms with E-state index in [2.05, 4.69) is 39.0 Å².